The first-order chi connectivity index (χ1) is 5.60. The molecule has 0 radical (unpaired) electrons. The van der Waals surface area contributed by atoms with Crippen LogP contribution in [0.25, 0.3) is 0 Å². The largest absolute Gasteiger partial charge is 0.359 e. The van der Waals surface area contributed by atoms with Crippen LogP contribution in [0.1, 0.15) is 6.42 Å². The van der Waals surface area contributed by atoms with Crippen molar-refractivity contribution in [1.82, 2.24) is 10.6 Å². The van der Waals surface area contributed by atoms with E-state index in [0.29, 0.717) is 5.92 Å². The second-order valence-electron chi connectivity index (χ2n) is 2.87. The number of nitrogens with zero attached hydrogens (tertiary/aromatic N) is 1. The van der Waals surface area contributed by atoms with Crippen LogP contribution in [-0.4, -0.2) is 30.9 Å². The number of halogens is 2. The summed E-state index contributed by atoms with van der Waals surface area (Å²) in [6.07, 6.45) is 0.865. The first-order valence-electron chi connectivity index (χ1n) is 3.86. The van der Waals surface area contributed by atoms with Crippen LogP contribution in [0.2, 0.25) is 0 Å². The van der Waals surface area contributed by atoms with E-state index in [9.17, 15) is 0 Å². The van der Waals surface area contributed by atoms with Crippen molar-refractivity contribution >= 4 is 29.2 Å². The molecule has 0 bridgehead atoms. The summed E-state index contributed by atoms with van der Waals surface area (Å²) in [5.74, 6) is 1.12. The van der Waals surface area contributed by atoms with Gasteiger partial charge in [-0.05, 0) is 6.42 Å². The highest BCUT2D eigenvalue weighted by molar-refractivity contribution is 6.50. The quantitative estimate of drug-likeness (QED) is 0.405. The summed E-state index contributed by atoms with van der Waals surface area (Å²) in [6, 6.07) is 0. The summed E-state index contributed by atoms with van der Waals surface area (Å²) in [5.41, 5.74) is 0. The molecule has 3 nitrogen and oxygen atoms in total. The molecule has 2 N–H and O–H groups in total. The summed E-state index contributed by atoms with van der Waals surface area (Å²) in [4.78, 5) is 3.96. The minimum absolute atomic E-state index is 0.353. The minimum Gasteiger partial charge on any atom is -0.359 e. The molecule has 0 aliphatic heterocycles. The van der Waals surface area contributed by atoms with Crippen LogP contribution in [0, 0.1) is 5.92 Å². The molecule has 1 rings (SSSR count). The molecule has 1 atom stereocenters. The number of aliphatic imine (C=N–C) groups is 1. The van der Waals surface area contributed by atoms with Crippen LogP contribution in [0.5, 0.6) is 0 Å². The van der Waals surface area contributed by atoms with Crippen molar-refractivity contribution in [2.24, 2.45) is 10.9 Å². The highest BCUT2D eigenvalue weighted by Crippen LogP contribution is 2.52. The maximum Gasteiger partial charge on any atom is 0.190 e. The van der Waals surface area contributed by atoms with Gasteiger partial charge in [-0.1, -0.05) is 0 Å². The van der Waals surface area contributed by atoms with E-state index in [1.54, 1.807) is 7.05 Å². The zero-order valence-corrected chi connectivity index (χ0v) is 8.71. The lowest BCUT2D eigenvalue weighted by molar-refractivity contribution is 0.747. The van der Waals surface area contributed by atoms with Crippen molar-refractivity contribution < 1.29 is 0 Å². The summed E-state index contributed by atoms with van der Waals surface area (Å²) in [6.45, 7) is 0.778. The van der Waals surface area contributed by atoms with Gasteiger partial charge in [0, 0.05) is 26.6 Å². The highest BCUT2D eigenvalue weighted by atomic mass is 35.5. The topological polar surface area (TPSA) is 36.4 Å². The smallest absolute Gasteiger partial charge is 0.190 e. The molecule has 12 heavy (non-hydrogen) atoms. The number of nitrogens with one attached hydrogen (secondary N) is 2. The lowest BCUT2D eigenvalue weighted by Gasteiger charge is -2.07. The van der Waals surface area contributed by atoms with Gasteiger partial charge < -0.3 is 10.6 Å². The SMILES string of the molecule is CN=C(NC)NCC1CC1(Cl)Cl. The zero-order chi connectivity index (χ0) is 9.19. The molecule has 1 aliphatic carbocycles. The number of hydrogen-bond donors (Lipinski definition) is 2. The molecular weight excluding hydrogens is 197 g/mol. The monoisotopic (exact) mass is 209 g/mol. The minimum atomic E-state index is -0.500. The van der Waals surface area contributed by atoms with Gasteiger partial charge in [0.1, 0.15) is 4.33 Å². The van der Waals surface area contributed by atoms with Gasteiger partial charge in [-0.25, -0.2) is 0 Å². The van der Waals surface area contributed by atoms with E-state index in [1.807, 2.05) is 7.05 Å². The van der Waals surface area contributed by atoms with E-state index in [4.69, 9.17) is 23.2 Å². The fourth-order valence-corrected chi connectivity index (χ4v) is 1.52. The van der Waals surface area contributed by atoms with Gasteiger partial charge in [0.2, 0.25) is 0 Å². The maximum absolute atomic E-state index is 5.84. The molecule has 0 spiro atoms. The van der Waals surface area contributed by atoms with Crippen molar-refractivity contribution in [2.45, 2.75) is 10.8 Å². The van der Waals surface area contributed by atoms with Crippen molar-refractivity contribution in [3.05, 3.63) is 0 Å². The van der Waals surface area contributed by atoms with Gasteiger partial charge in [0.05, 0.1) is 0 Å². The van der Waals surface area contributed by atoms with E-state index in [1.165, 1.54) is 0 Å². The Hall–Kier alpha value is -0.150. The van der Waals surface area contributed by atoms with Crippen molar-refractivity contribution in [2.75, 3.05) is 20.6 Å². The molecule has 0 aromatic rings. The molecule has 0 aromatic heterocycles. The third-order valence-electron chi connectivity index (χ3n) is 1.93. The number of hydrogen-bond acceptors (Lipinski definition) is 1. The Morgan fingerprint density at radius 1 is 1.67 bits per heavy atom. The zero-order valence-electron chi connectivity index (χ0n) is 7.19. The standard InChI is InChI=1S/C7H13Cl2N3/c1-10-6(11-2)12-4-5-3-7(5,8)9/h5H,3-4H2,1-2H3,(H2,10,11,12). The summed E-state index contributed by atoms with van der Waals surface area (Å²) >= 11 is 11.7. The molecule has 1 fully saturated rings. The fourth-order valence-electron chi connectivity index (χ4n) is 0.990. The molecular formula is C7H13Cl2N3. The Morgan fingerprint density at radius 3 is 2.58 bits per heavy atom. The Labute approximate surface area is 82.5 Å². The molecule has 5 heteroatoms. The van der Waals surface area contributed by atoms with Gasteiger partial charge in [0.25, 0.3) is 0 Å². The van der Waals surface area contributed by atoms with Gasteiger partial charge in [-0.3, -0.25) is 4.99 Å². The van der Waals surface area contributed by atoms with Gasteiger partial charge in [-0.2, -0.15) is 0 Å². The van der Waals surface area contributed by atoms with Crippen molar-refractivity contribution in [3.63, 3.8) is 0 Å². The van der Waals surface area contributed by atoms with Crippen LogP contribution in [-0.2, 0) is 0 Å². The predicted molar refractivity (Wildman–Crippen MR) is 53.0 cm³/mol. The number of guanidine groups is 1. The van der Waals surface area contributed by atoms with Gasteiger partial charge in [-0.15, -0.1) is 23.2 Å². The van der Waals surface area contributed by atoms with Crippen LogP contribution in [0.15, 0.2) is 4.99 Å². The van der Waals surface area contributed by atoms with E-state index >= 15 is 0 Å². The average Bonchev–Trinajstić information content (AvgIpc) is 2.61. The normalized spacial score (nSPS) is 26.7. The Morgan fingerprint density at radius 2 is 2.25 bits per heavy atom. The summed E-state index contributed by atoms with van der Waals surface area (Å²) in [5, 5.41) is 6.02. The molecule has 1 saturated carbocycles. The average molecular weight is 210 g/mol. The third-order valence-corrected chi connectivity index (χ3v) is 2.86. The van der Waals surface area contributed by atoms with Crippen molar-refractivity contribution in [3.8, 4) is 0 Å². The molecule has 0 amide bonds. The van der Waals surface area contributed by atoms with Gasteiger partial charge in [0.15, 0.2) is 5.96 Å². The molecule has 1 aliphatic rings. The molecule has 0 heterocycles. The molecule has 0 saturated heterocycles. The Balaban J connectivity index is 2.19. The lowest BCUT2D eigenvalue weighted by Crippen LogP contribution is -2.36. The van der Waals surface area contributed by atoms with E-state index in [2.05, 4.69) is 15.6 Å². The second-order valence-corrected chi connectivity index (χ2v) is 4.41. The summed E-state index contributed by atoms with van der Waals surface area (Å²) < 4.78 is -0.500. The Bertz CT molecular complexity index is 191. The Kier molecular flexibility index (Phi) is 3.07. The molecule has 70 valence electrons. The van der Waals surface area contributed by atoms with Gasteiger partial charge >= 0.3 is 0 Å². The van der Waals surface area contributed by atoms with E-state index in [-0.39, 0.29) is 0 Å². The predicted octanol–water partition coefficient (Wildman–Crippen LogP) is 0.975. The number of alkyl halides is 2. The summed E-state index contributed by atoms with van der Waals surface area (Å²) in [7, 11) is 3.54. The van der Waals surface area contributed by atoms with Crippen LogP contribution >= 0.6 is 23.2 Å². The van der Waals surface area contributed by atoms with Crippen LogP contribution < -0.4 is 10.6 Å². The third kappa shape index (κ3) is 2.42. The molecule has 0 aromatic carbocycles. The number of rotatable bonds is 2. The molecule has 1 unspecified atom stereocenters. The van der Waals surface area contributed by atoms with Crippen LogP contribution in [0.4, 0.5) is 0 Å². The van der Waals surface area contributed by atoms with E-state index in [0.717, 1.165) is 18.9 Å². The maximum atomic E-state index is 5.84. The van der Waals surface area contributed by atoms with E-state index < -0.39 is 4.33 Å². The lowest BCUT2D eigenvalue weighted by atomic mass is 10.4. The second kappa shape index (κ2) is 3.71. The first-order valence-corrected chi connectivity index (χ1v) is 4.62. The fraction of sp³-hybridized carbons (Fsp3) is 0.857. The van der Waals surface area contributed by atoms with Crippen molar-refractivity contribution in [1.29, 1.82) is 0 Å². The van der Waals surface area contributed by atoms with Crippen LogP contribution in [0.3, 0.4) is 0 Å². The highest BCUT2D eigenvalue weighted by Gasteiger charge is 2.51. The first kappa shape index (κ1) is 9.93.